The second kappa shape index (κ2) is 5.23. The molecule has 18 heavy (non-hydrogen) atoms. The van der Waals surface area contributed by atoms with Crippen LogP contribution in [0, 0.1) is 13.8 Å². The molecule has 0 radical (unpaired) electrons. The van der Waals surface area contributed by atoms with E-state index in [-0.39, 0.29) is 0 Å². The Balaban J connectivity index is 2.39. The van der Waals surface area contributed by atoms with Crippen molar-refractivity contribution >= 4 is 11.4 Å². The topological polar surface area (TPSA) is 23.5 Å². The predicted octanol–water partition coefficient (Wildman–Crippen LogP) is 3.78. The van der Waals surface area contributed by atoms with E-state index < -0.39 is 6.23 Å². The van der Waals surface area contributed by atoms with Gasteiger partial charge in [-0.05, 0) is 45.0 Å². The summed E-state index contributed by atoms with van der Waals surface area (Å²) in [6.07, 6.45) is -0.560. The van der Waals surface area contributed by atoms with Gasteiger partial charge >= 0.3 is 0 Å². The van der Waals surface area contributed by atoms with Crippen LogP contribution < -0.4 is 4.90 Å². The first-order valence-electron chi connectivity index (χ1n) is 6.18. The molecule has 2 aromatic carbocycles. The fourth-order valence-electron chi connectivity index (χ4n) is 1.99. The average molecular weight is 241 g/mol. The Kier molecular flexibility index (Phi) is 3.68. The Hall–Kier alpha value is -1.80. The van der Waals surface area contributed by atoms with Crippen molar-refractivity contribution in [2.24, 2.45) is 0 Å². The van der Waals surface area contributed by atoms with Crippen molar-refractivity contribution in [2.45, 2.75) is 27.0 Å². The van der Waals surface area contributed by atoms with E-state index in [9.17, 15) is 5.11 Å². The molecule has 0 amide bonds. The zero-order chi connectivity index (χ0) is 13.1. The third-order valence-electron chi connectivity index (χ3n) is 3.00. The molecule has 2 nitrogen and oxygen atoms in total. The molecule has 0 aliphatic carbocycles. The van der Waals surface area contributed by atoms with Crippen LogP contribution >= 0.6 is 0 Å². The van der Waals surface area contributed by atoms with Crippen molar-refractivity contribution in [3.63, 3.8) is 0 Å². The van der Waals surface area contributed by atoms with Crippen LogP contribution in [0.2, 0.25) is 0 Å². The summed E-state index contributed by atoms with van der Waals surface area (Å²) in [5.41, 5.74) is 4.43. The van der Waals surface area contributed by atoms with Crippen LogP contribution in [0.1, 0.15) is 18.1 Å². The summed E-state index contributed by atoms with van der Waals surface area (Å²) in [6.45, 7) is 5.89. The summed E-state index contributed by atoms with van der Waals surface area (Å²) >= 11 is 0. The van der Waals surface area contributed by atoms with Crippen molar-refractivity contribution in [3.8, 4) is 0 Å². The van der Waals surface area contributed by atoms with E-state index in [4.69, 9.17) is 0 Å². The van der Waals surface area contributed by atoms with Crippen molar-refractivity contribution in [2.75, 3.05) is 4.90 Å². The molecule has 0 saturated carbocycles. The molecule has 1 unspecified atom stereocenters. The van der Waals surface area contributed by atoms with E-state index in [1.807, 2.05) is 29.2 Å². The van der Waals surface area contributed by atoms with Crippen molar-refractivity contribution in [1.29, 1.82) is 0 Å². The van der Waals surface area contributed by atoms with Crippen LogP contribution in [-0.2, 0) is 0 Å². The van der Waals surface area contributed by atoms with Gasteiger partial charge in [0, 0.05) is 11.4 Å². The van der Waals surface area contributed by atoms with Gasteiger partial charge in [-0.3, -0.25) is 0 Å². The van der Waals surface area contributed by atoms with Gasteiger partial charge in [0.1, 0.15) is 6.23 Å². The molecular weight excluding hydrogens is 222 g/mol. The standard InChI is InChI=1S/C16H19NO/c1-12-4-8-15(9-5-12)17(14(3)18)16-10-6-13(2)7-11-16/h4-11,14,18H,1-3H3. The zero-order valence-corrected chi connectivity index (χ0v) is 11.1. The summed E-state index contributed by atoms with van der Waals surface area (Å²) < 4.78 is 0. The van der Waals surface area contributed by atoms with Gasteiger partial charge in [-0.1, -0.05) is 35.4 Å². The molecule has 2 aromatic rings. The molecule has 0 heterocycles. The van der Waals surface area contributed by atoms with Gasteiger partial charge in [0.05, 0.1) is 0 Å². The van der Waals surface area contributed by atoms with Crippen molar-refractivity contribution < 1.29 is 5.11 Å². The molecule has 0 spiro atoms. The van der Waals surface area contributed by atoms with Gasteiger partial charge in [-0.25, -0.2) is 0 Å². The van der Waals surface area contributed by atoms with E-state index >= 15 is 0 Å². The Labute approximate surface area is 109 Å². The summed E-state index contributed by atoms with van der Waals surface area (Å²) in [5, 5.41) is 9.98. The zero-order valence-electron chi connectivity index (χ0n) is 11.1. The van der Waals surface area contributed by atoms with Gasteiger partial charge in [0.15, 0.2) is 0 Å². The highest BCUT2D eigenvalue weighted by atomic mass is 16.3. The first kappa shape index (κ1) is 12.7. The Morgan fingerprint density at radius 1 is 0.778 bits per heavy atom. The highest BCUT2D eigenvalue weighted by molar-refractivity contribution is 5.64. The van der Waals surface area contributed by atoms with Crippen LogP contribution in [0.5, 0.6) is 0 Å². The lowest BCUT2D eigenvalue weighted by atomic mass is 10.1. The predicted molar refractivity (Wildman–Crippen MR) is 76.2 cm³/mol. The number of rotatable bonds is 3. The fourth-order valence-corrected chi connectivity index (χ4v) is 1.99. The third-order valence-corrected chi connectivity index (χ3v) is 3.00. The molecule has 2 heteroatoms. The molecule has 2 rings (SSSR count). The lowest BCUT2D eigenvalue weighted by Gasteiger charge is -2.28. The number of nitrogens with zero attached hydrogens (tertiary/aromatic N) is 1. The molecule has 1 atom stereocenters. The largest absolute Gasteiger partial charge is 0.374 e. The first-order valence-corrected chi connectivity index (χ1v) is 6.18. The van der Waals surface area contributed by atoms with Crippen LogP contribution in [-0.4, -0.2) is 11.3 Å². The highest BCUT2D eigenvalue weighted by Gasteiger charge is 2.13. The minimum absolute atomic E-state index is 0.560. The Bertz CT molecular complexity index is 454. The molecule has 1 N–H and O–H groups in total. The fraction of sp³-hybridized carbons (Fsp3) is 0.250. The first-order chi connectivity index (χ1) is 8.58. The molecular formula is C16H19NO. The van der Waals surface area contributed by atoms with Crippen molar-refractivity contribution in [3.05, 3.63) is 59.7 Å². The van der Waals surface area contributed by atoms with Crippen LogP contribution in [0.3, 0.4) is 0 Å². The second-order valence-electron chi connectivity index (χ2n) is 4.67. The molecule has 0 saturated heterocycles. The lowest BCUT2D eigenvalue weighted by Crippen LogP contribution is -2.27. The molecule has 94 valence electrons. The number of hydrogen-bond donors (Lipinski definition) is 1. The second-order valence-corrected chi connectivity index (χ2v) is 4.67. The summed E-state index contributed by atoms with van der Waals surface area (Å²) in [5.74, 6) is 0. The summed E-state index contributed by atoms with van der Waals surface area (Å²) in [4.78, 5) is 1.92. The number of hydrogen-bond acceptors (Lipinski definition) is 2. The van der Waals surface area contributed by atoms with E-state index in [0.717, 1.165) is 11.4 Å². The summed E-state index contributed by atoms with van der Waals surface area (Å²) in [7, 11) is 0. The van der Waals surface area contributed by atoms with Crippen LogP contribution in [0.15, 0.2) is 48.5 Å². The molecule has 0 aromatic heterocycles. The van der Waals surface area contributed by atoms with Crippen LogP contribution in [0.25, 0.3) is 0 Å². The number of aliphatic hydroxyl groups excluding tert-OH is 1. The normalized spacial score (nSPS) is 12.2. The van der Waals surface area contributed by atoms with Gasteiger partial charge in [-0.2, -0.15) is 0 Å². The van der Waals surface area contributed by atoms with Gasteiger partial charge in [0.2, 0.25) is 0 Å². The quantitative estimate of drug-likeness (QED) is 0.827. The van der Waals surface area contributed by atoms with Crippen molar-refractivity contribution in [1.82, 2.24) is 0 Å². The average Bonchev–Trinajstić information content (AvgIpc) is 2.34. The maximum absolute atomic E-state index is 9.98. The Morgan fingerprint density at radius 3 is 1.39 bits per heavy atom. The van der Waals surface area contributed by atoms with E-state index in [2.05, 4.69) is 38.1 Å². The SMILES string of the molecule is Cc1ccc(N(c2ccc(C)cc2)C(C)O)cc1. The molecule has 0 aliphatic heterocycles. The lowest BCUT2D eigenvalue weighted by molar-refractivity contribution is 0.201. The van der Waals surface area contributed by atoms with Crippen LogP contribution in [0.4, 0.5) is 11.4 Å². The number of anilines is 2. The van der Waals surface area contributed by atoms with E-state index in [0.29, 0.717) is 0 Å². The number of benzene rings is 2. The van der Waals surface area contributed by atoms with E-state index in [1.165, 1.54) is 11.1 Å². The molecule has 0 bridgehead atoms. The third kappa shape index (κ3) is 2.71. The maximum atomic E-state index is 9.98. The smallest absolute Gasteiger partial charge is 0.128 e. The summed E-state index contributed by atoms with van der Waals surface area (Å²) in [6, 6.07) is 16.3. The van der Waals surface area contributed by atoms with E-state index in [1.54, 1.807) is 6.92 Å². The van der Waals surface area contributed by atoms with Gasteiger partial charge < -0.3 is 10.0 Å². The molecule has 0 aliphatic rings. The molecule has 0 fully saturated rings. The maximum Gasteiger partial charge on any atom is 0.128 e. The monoisotopic (exact) mass is 241 g/mol. The minimum atomic E-state index is -0.560. The van der Waals surface area contributed by atoms with Gasteiger partial charge in [0.25, 0.3) is 0 Å². The highest BCUT2D eigenvalue weighted by Crippen LogP contribution is 2.27. The van der Waals surface area contributed by atoms with Gasteiger partial charge in [-0.15, -0.1) is 0 Å². The number of aliphatic hydroxyl groups is 1. The Morgan fingerprint density at radius 2 is 1.11 bits per heavy atom. The minimum Gasteiger partial charge on any atom is -0.374 e. The number of aryl methyl sites for hydroxylation is 2.